The van der Waals surface area contributed by atoms with Crippen LogP contribution in [0, 0.1) is 6.92 Å². The lowest BCUT2D eigenvalue weighted by Gasteiger charge is -2.38. The zero-order valence-corrected chi connectivity index (χ0v) is 22.3. The summed E-state index contributed by atoms with van der Waals surface area (Å²) in [7, 11) is 1.66. The van der Waals surface area contributed by atoms with Gasteiger partial charge in [-0.1, -0.05) is 29.3 Å². The molecule has 0 bridgehead atoms. The predicted molar refractivity (Wildman–Crippen MR) is 141 cm³/mol. The summed E-state index contributed by atoms with van der Waals surface area (Å²) in [5.41, 5.74) is 0.276. The summed E-state index contributed by atoms with van der Waals surface area (Å²) in [5, 5.41) is 11.9. The molecule has 0 radical (unpaired) electrons. The van der Waals surface area contributed by atoms with Gasteiger partial charge in [0, 0.05) is 44.6 Å². The Hall–Kier alpha value is -2.45. The van der Waals surface area contributed by atoms with Gasteiger partial charge in [-0.15, -0.1) is 0 Å². The second kappa shape index (κ2) is 12.2. The summed E-state index contributed by atoms with van der Waals surface area (Å²) in [6.45, 7) is 5.99. The lowest BCUT2D eigenvalue weighted by atomic mass is 9.92. The predicted octanol–water partition coefficient (Wildman–Crippen LogP) is 5.38. The molecule has 0 saturated carbocycles. The van der Waals surface area contributed by atoms with Crippen LogP contribution < -0.4 is 14.2 Å². The van der Waals surface area contributed by atoms with Crippen LogP contribution in [0.2, 0.25) is 10.0 Å². The van der Waals surface area contributed by atoms with Crippen molar-refractivity contribution in [2.45, 2.75) is 44.9 Å². The molecule has 9 heteroatoms. The van der Waals surface area contributed by atoms with E-state index in [0.717, 1.165) is 55.5 Å². The Labute approximate surface area is 222 Å². The number of hydrogen-bond acceptors (Lipinski definition) is 6. The van der Waals surface area contributed by atoms with E-state index >= 15 is 0 Å². The largest absolute Gasteiger partial charge is 0.493 e. The third-order valence-corrected chi connectivity index (χ3v) is 7.28. The van der Waals surface area contributed by atoms with Gasteiger partial charge in [-0.25, -0.2) is 4.98 Å². The molecule has 0 spiro atoms. The van der Waals surface area contributed by atoms with E-state index in [4.69, 9.17) is 37.4 Å². The smallest absolute Gasteiger partial charge is 0.161 e. The van der Waals surface area contributed by atoms with Gasteiger partial charge in [-0.3, -0.25) is 4.90 Å². The van der Waals surface area contributed by atoms with Crippen molar-refractivity contribution >= 4 is 23.2 Å². The number of methoxy groups -OCH3 is 1. The summed E-state index contributed by atoms with van der Waals surface area (Å²) in [4.78, 5) is 6.59. The highest BCUT2D eigenvalue weighted by molar-refractivity contribution is 6.42. The standard InChI is InChI=1S/C27H33Cl2N3O4/c1-20-30-10-14-32(20)11-3-15-35-26-16-21(4-7-25(26)34-2)18-31-12-8-27(33,9-13-31)19-36-22-5-6-23(28)24(29)17-22/h4-7,10,14,16-17,33H,3,8-9,11-13,15,18-19H2,1-2H3. The Morgan fingerprint density at radius 3 is 2.53 bits per heavy atom. The summed E-state index contributed by atoms with van der Waals surface area (Å²) < 4.78 is 19.5. The van der Waals surface area contributed by atoms with Gasteiger partial charge >= 0.3 is 0 Å². The van der Waals surface area contributed by atoms with Crippen LogP contribution in [0.25, 0.3) is 0 Å². The number of benzene rings is 2. The van der Waals surface area contributed by atoms with Gasteiger partial charge in [0.15, 0.2) is 11.5 Å². The van der Waals surface area contributed by atoms with Crippen LogP contribution in [0.5, 0.6) is 17.2 Å². The molecule has 36 heavy (non-hydrogen) atoms. The van der Waals surface area contributed by atoms with Crippen LogP contribution in [0.3, 0.4) is 0 Å². The van der Waals surface area contributed by atoms with Crippen molar-refractivity contribution < 1.29 is 19.3 Å². The average molecular weight is 534 g/mol. The molecule has 0 unspecified atom stereocenters. The van der Waals surface area contributed by atoms with E-state index in [2.05, 4.69) is 26.6 Å². The SMILES string of the molecule is COc1ccc(CN2CCC(O)(COc3ccc(Cl)c(Cl)c3)CC2)cc1OCCCn1ccnc1C. The molecule has 1 aliphatic rings. The quantitative estimate of drug-likeness (QED) is 0.333. The van der Waals surface area contributed by atoms with E-state index in [-0.39, 0.29) is 6.61 Å². The maximum atomic E-state index is 11.0. The molecule has 7 nitrogen and oxygen atoms in total. The lowest BCUT2D eigenvalue weighted by molar-refractivity contribution is -0.0537. The molecule has 194 valence electrons. The van der Waals surface area contributed by atoms with Gasteiger partial charge in [-0.05, 0) is 56.0 Å². The first-order valence-corrected chi connectivity index (χ1v) is 12.9. The third kappa shape index (κ3) is 7.07. The van der Waals surface area contributed by atoms with E-state index < -0.39 is 5.60 Å². The van der Waals surface area contributed by atoms with E-state index in [1.165, 1.54) is 0 Å². The highest BCUT2D eigenvalue weighted by Gasteiger charge is 2.33. The summed E-state index contributed by atoms with van der Waals surface area (Å²) in [5.74, 6) is 3.08. The van der Waals surface area contributed by atoms with Crippen molar-refractivity contribution in [3.8, 4) is 17.2 Å². The molecule has 1 aromatic heterocycles. The first-order valence-electron chi connectivity index (χ1n) is 12.2. The second-order valence-electron chi connectivity index (χ2n) is 9.22. The minimum Gasteiger partial charge on any atom is -0.493 e. The molecule has 1 fully saturated rings. The molecular formula is C27H33Cl2N3O4. The fourth-order valence-corrected chi connectivity index (χ4v) is 4.59. The first kappa shape index (κ1) is 26.6. The molecule has 1 saturated heterocycles. The molecule has 2 heterocycles. The average Bonchev–Trinajstić information content (AvgIpc) is 3.29. The minimum atomic E-state index is -0.871. The van der Waals surface area contributed by atoms with Crippen LogP contribution >= 0.6 is 23.2 Å². The normalized spacial score (nSPS) is 15.6. The number of ether oxygens (including phenoxy) is 3. The summed E-state index contributed by atoms with van der Waals surface area (Å²) in [6.07, 6.45) is 5.92. The number of halogens is 2. The van der Waals surface area contributed by atoms with E-state index in [1.54, 1.807) is 25.3 Å². The van der Waals surface area contributed by atoms with Crippen molar-refractivity contribution in [1.29, 1.82) is 0 Å². The van der Waals surface area contributed by atoms with Crippen molar-refractivity contribution in [1.82, 2.24) is 14.5 Å². The van der Waals surface area contributed by atoms with Gasteiger partial charge in [0.05, 0.1) is 23.8 Å². The molecule has 0 aliphatic carbocycles. The van der Waals surface area contributed by atoms with Gasteiger partial charge < -0.3 is 23.9 Å². The number of nitrogens with zero attached hydrogens (tertiary/aromatic N) is 3. The monoisotopic (exact) mass is 533 g/mol. The molecule has 3 aromatic rings. The Kier molecular flexibility index (Phi) is 9.01. The van der Waals surface area contributed by atoms with Gasteiger partial charge in [0.1, 0.15) is 23.8 Å². The fraction of sp³-hybridized carbons (Fsp3) is 0.444. The summed E-state index contributed by atoms with van der Waals surface area (Å²) in [6, 6.07) is 11.2. The van der Waals surface area contributed by atoms with Crippen molar-refractivity contribution in [3.63, 3.8) is 0 Å². The van der Waals surface area contributed by atoms with Gasteiger partial charge in [-0.2, -0.15) is 0 Å². The minimum absolute atomic E-state index is 0.220. The third-order valence-electron chi connectivity index (χ3n) is 6.54. The van der Waals surface area contributed by atoms with Crippen LogP contribution in [0.15, 0.2) is 48.8 Å². The zero-order valence-electron chi connectivity index (χ0n) is 20.8. The number of imidazole rings is 1. The molecule has 1 N–H and O–H groups in total. The van der Waals surface area contributed by atoms with Crippen molar-refractivity contribution in [3.05, 3.63) is 70.2 Å². The molecule has 1 aliphatic heterocycles. The number of hydrogen-bond donors (Lipinski definition) is 1. The topological polar surface area (TPSA) is 69.0 Å². The zero-order chi connectivity index (χ0) is 25.5. The highest BCUT2D eigenvalue weighted by atomic mass is 35.5. The van der Waals surface area contributed by atoms with Crippen LogP contribution in [-0.4, -0.2) is 58.6 Å². The number of likely N-dealkylation sites (tertiary alicyclic amines) is 1. The lowest BCUT2D eigenvalue weighted by Crippen LogP contribution is -2.47. The number of piperidine rings is 1. The van der Waals surface area contributed by atoms with Crippen LogP contribution in [-0.2, 0) is 13.1 Å². The van der Waals surface area contributed by atoms with Gasteiger partial charge in [0.25, 0.3) is 0 Å². The molecule has 0 amide bonds. The highest BCUT2D eigenvalue weighted by Crippen LogP contribution is 2.31. The first-order chi connectivity index (χ1) is 17.3. The molecule has 4 rings (SSSR count). The fourth-order valence-electron chi connectivity index (χ4n) is 4.30. The van der Waals surface area contributed by atoms with Crippen LogP contribution in [0.1, 0.15) is 30.7 Å². The summed E-state index contributed by atoms with van der Waals surface area (Å²) >= 11 is 12.0. The Bertz CT molecular complexity index is 1150. The van der Waals surface area contributed by atoms with E-state index in [1.807, 2.05) is 25.4 Å². The van der Waals surface area contributed by atoms with E-state index in [9.17, 15) is 5.11 Å². The Morgan fingerprint density at radius 1 is 1.03 bits per heavy atom. The van der Waals surface area contributed by atoms with Gasteiger partial charge in [0.2, 0.25) is 0 Å². The second-order valence-corrected chi connectivity index (χ2v) is 10.0. The number of aryl methyl sites for hydroxylation is 2. The molecule has 0 atom stereocenters. The number of rotatable bonds is 11. The maximum Gasteiger partial charge on any atom is 0.161 e. The Morgan fingerprint density at radius 2 is 1.83 bits per heavy atom. The van der Waals surface area contributed by atoms with Crippen LogP contribution in [0.4, 0.5) is 0 Å². The molecular weight excluding hydrogens is 501 g/mol. The maximum absolute atomic E-state index is 11.0. The van der Waals surface area contributed by atoms with Crippen molar-refractivity contribution in [2.75, 3.05) is 33.4 Å². The Balaban J connectivity index is 1.26. The van der Waals surface area contributed by atoms with Crippen molar-refractivity contribution in [2.24, 2.45) is 0 Å². The van der Waals surface area contributed by atoms with E-state index in [0.29, 0.717) is 35.2 Å². The number of aliphatic hydroxyl groups is 1. The molecule has 2 aromatic carbocycles. The number of aromatic nitrogens is 2.